The first-order valence-electron chi connectivity index (χ1n) is 7.64. The van der Waals surface area contributed by atoms with Crippen LogP contribution in [0.25, 0.3) is 0 Å². The lowest BCUT2D eigenvalue weighted by Crippen LogP contribution is -2.06. The van der Waals surface area contributed by atoms with Crippen molar-refractivity contribution in [1.82, 2.24) is 0 Å². The number of benzene rings is 2. The van der Waals surface area contributed by atoms with E-state index < -0.39 is 0 Å². The van der Waals surface area contributed by atoms with Gasteiger partial charge in [0.25, 0.3) is 0 Å². The highest BCUT2D eigenvalue weighted by molar-refractivity contribution is 5.47. The summed E-state index contributed by atoms with van der Waals surface area (Å²) in [4.78, 5) is 0. The van der Waals surface area contributed by atoms with Crippen LogP contribution in [0, 0.1) is 0 Å². The molecule has 2 atom stereocenters. The zero-order valence-electron chi connectivity index (χ0n) is 13.4. The van der Waals surface area contributed by atoms with E-state index in [2.05, 4.69) is 62.5 Å². The number of nitrogens with one attached hydrogen (secondary N) is 1. The van der Waals surface area contributed by atoms with Crippen LogP contribution in [-0.2, 0) is 0 Å². The van der Waals surface area contributed by atoms with Crippen molar-refractivity contribution in [3.05, 3.63) is 59.7 Å². The molecule has 112 valence electrons. The van der Waals surface area contributed by atoms with Gasteiger partial charge in [-0.2, -0.15) is 0 Å². The molecular formula is C19H25NO. The molecule has 0 spiro atoms. The molecule has 2 rings (SSSR count). The molecule has 0 saturated heterocycles. The highest BCUT2D eigenvalue weighted by Gasteiger charge is 2.07. The van der Waals surface area contributed by atoms with Gasteiger partial charge in [0.2, 0.25) is 0 Å². The standard InChI is InChI=1S/C19H25NO/c1-5-14(2)16-9-11-18(12-10-16)20-15(3)17-7-6-8-19(13-17)21-4/h6-15,20H,5H2,1-4H3. The molecular weight excluding hydrogens is 258 g/mol. The Morgan fingerprint density at radius 3 is 2.33 bits per heavy atom. The lowest BCUT2D eigenvalue weighted by atomic mass is 9.98. The maximum absolute atomic E-state index is 5.28. The molecule has 0 saturated carbocycles. The van der Waals surface area contributed by atoms with Crippen molar-refractivity contribution < 1.29 is 4.74 Å². The number of anilines is 1. The first kappa shape index (κ1) is 15.4. The number of hydrogen-bond acceptors (Lipinski definition) is 2. The Labute approximate surface area is 128 Å². The summed E-state index contributed by atoms with van der Waals surface area (Å²) in [7, 11) is 1.70. The lowest BCUT2D eigenvalue weighted by Gasteiger charge is -2.17. The maximum atomic E-state index is 5.28. The molecule has 2 aromatic rings. The summed E-state index contributed by atoms with van der Waals surface area (Å²) in [6, 6.07) is 17.2. The average molecular weight is 283 g/mol. The predicted octanol–water partition coefficient (Wildman–Crippen LogP) is 5.38. The van der Waals surface area contributed by atoms with Crippen molar-refractivity contribution >= 4 is 5.69 Å². The minimum atomic E-state index is 0.245. The minimum Gasteiger partial charge on any atom is -0.497 e. The molecule has 1 N–H and O–H groups in total. The van der Waals surface area contributed by atoms with Gasteiger partial charge in [-0.1, -0.05) is 38.1 Å². The molecule has 0 aliphatic rings. The van der Waals surface area contributed by atoms with Crippen LogP contribution >= 0.6 is 0 Å². The SMILES string of the molecule is CCC(C)c1ccc(NC(C)c2cccc(OC)c2)cc1. The van der Waals surface area contributed by atoms with Crippen LogP contribution in [0.3, 0.4) is 0 Å². The highest BCUT2D eigenvalue weighted by Crippen LogP contribution is 2.25. The monoisotopic (exact) mass is 283 g/mol. The van der Waals surface area contributed by atoms with E-state index >= 15 is 0 Å². The van der Waals surface area contributed by atoms with E-state index in [1.807, 2.05) is 12.1 Å². The van der Waals surface area contributed by atoms with E-state index in [1.165, 1.54) is 17.5 Å². The van der Waals surface area contributed by atoms with Crippen molar-refractivity contribution in [3.8, 4) is 5.75 Å². The molecule has 0 amide bonds. The van der Waals surface area contributed by atoms with Crippen molar-refractivity contribution in [2.45, 2.75) is 39.2 Å². The van der Waals surface area contributed by atoms with E-state index in [-0.39, 0.29) is 6.04 Å². The second kappa shape index (κ2) is 7.16. The Hall–Kier alpha value is -1.96. The molecule has 2 nitrogen and oxygen atoms in total. The van der Waals surface area contributed by atoms with E-state index in [0.717, 1.165) is 11.4 Å². The Morgan fingerprint density at radius 2 is 1.71 bits per heavy atom. The van der Waals surface area contributed by atoms with Crippen LogP contribution in [0.5, 0.6) is 5.75 Å². The van der Waals surface area contributed by atoms with E-state index in [1.54, 1.807) is 7.11 Å². The van der Waals surface area contributed by atoms with Crippen molar-refractivity contribution in [3.63, 3.8) is 0 Å². The predicted molar refractivity (Wildman–Crippen MR) is 90.2 cm³/mol. The largest absolute Gasteiger partial charge is 0.497 e. The van der Waals surface area contributed by atoms with Gasteiger partial charge in [-0.3, -0.25) is 0 Å². The second-order valence-electron chi connectivity index (χ2n) is 5.57. The fraction of sp³-hybridized carbons (Fsp3) is 0.368. The van der Waals surface area contributed by atoms with Gasteiger partial charge < -0.3 is 10.1 Å². The van der Waals surface area contributed by atoms with Crippen molar-refractivity contribution in [2.75, 3.05) is 12.4 Å². The molecule has 0 aromatic heterocycles. The van der Waals surface area contributed by atoms with Crippen LogP contribution in [-0.4, -0.2) is 7.11 Å². The van der Waals surface area contributed by atoms with Gasteiger partial charge >= 0.3 is 0 Å². The topological polar surface area (TPSA) is 21.3 Å². The molecule has 2 heteroatoms. The lowest BCUT2D eigenvalue weighted by molar-refractivity contribution is 0.414. The molecule has 0 fully saturated rings. The highest BCUT2D eigenvalue weighted by atomic mass is 16.5. The summed E-state index contributed by atoms with van der Waals surface area (Å²) in [5, 5.41) is 3.54. The summed E-state index contributed by atoms with van der Waals surface area (Å²) in [6.07, 6.45) is 1.17. The van der Waals surface area contributed by atoms with Gasteiger partial charge in [-0.25, -0.2) is 0 Å². The third kappa shape index (κ3) is 4.01. The molecule has 0 aliphatic heterocycles. The zero-order chi connectivity index (χ0) is 15.2. The summed E-state index contributed by atoms with van der Waals surface area (Å²) < 4.78 is 5.28. The fourth-order valence-corrected chi connectivity index (χ4v) is 2.39. The van der Waals surface area contributed by atoms with Crippen LogP contribution in [0.15, 0.2) is 48.5 Å². The summed E-state index contributed by atoms with van der Waals surface area (Å²) in [6.45, 7) is 6.65. The molecule has 0 heterocycles. The van der Waals surface area contributed by atoms with Gasteiger partial charge in [-0.05, 0) is 54.7 Å². The van der Waals surface area contributed by atoms with Gasteiger partial charge in [-0.15, -0.1) is 0 Å². The third-order valence-electron chi connectivity index (χ3n) is 4.07. The summed E-state index contributed by atoms with van der Waals surface area (Å²) in [5.41, 5.74) is 3.77. The van der Waals surface area contributed by atoms with E-state index in [4.69, 9.17) is 4.74 Å². The normalized spacial score (nSPS) is 13.5. The van der Waals surface area contributed by atoms with Crippen LogP contribution in [0.2, 0.25) is 0 Å². The van der Waals surface area contributed by atoms with Gasteiger partial charge in [0.1, 0.15) is 5.75 Å². The third-order valence-corrected chi connectivity index (χ3v) is 4.07. The number of ether oxygens (including phenoxy) is 1. The molecule has 0 aliphatic carbocycles. The first-order valence-corrected chi connectivity index (χ1v) is 7.64. The summed E-state index contributed by atoms with van der Waals surface area (Å²) >= 11 is 0. The zero-order valence-corrected chi connectivity index (χ0v) is 13.4. The summed E-state index contributed by atoms with van der Waals surface area (Å²) in [5.74, 6) is 1.52. The molecule has 2 unspecified atom stereocenters. The van der Waals surface area contributed by atoms with E-state index in [0.29, 0.717) is 5.92 Å². The molecule has 0 bridgehead atoms. The number of hydrogen-bond donors (Lipinski definition) is 1. The van der Waals surface area contributed by atoms with Crippen molar-refractivity contribution in [1.29, 1.82) is 0 Å². The average Bonchev–Trinajstić information content (AvgIpc) is 2.54. The van der Waals surface area contributed by atoms with Crippen LogP contribution < -0.4 is 10.1 Å². The Bertz CT molecular complexity index is 562. The molecule has 21 heavy (non-hydrogen) atoms. The van der Waals surface area contributed by atoms with Gasteiger partial charge in [0.05, 0.1) is 7.11 Å². The first-order chi connectivity index (χ1) is 10.1. The molecule has 0 radical (unpaired) electrons. The van der Waals surface area contributed by atoms with Gasteiger partial charge in [0.15, 0.2) is 0 Å². The van der Waals surface area contributed by atoms with Crippen LogP contribution in [0.4, 0.5) is 5.69 Å². The van der Waals surface area contributed by atoms with Crippen molar-refractivity contribution in [2.24, 2.45) is 0 Å². The van der Waals surface area contributed by atoms with Gasteiger partial charge in [0, 0.05) is 11.7 Å². The van der Waals surface area contributed by atoms with Crippen LogP contribution in [0.1, 0.15) is 50.3 Å². The van der Waals surface area contributed by atoms with E-state index in [9.17, 15) is 0 Å². The Morgan fingerprint density at radius 1 is 1.00 bits per heavy atom. The number of methoxy groups -OCH3 is 1. The fourth-order valence-electron chi connectivity index (χ4n) is 2.39. The smallest absolute Gasteiger partial charge is 0.119 e. The minimum absolute atomic E-state index is 0.245. The maximum Gasteiger partial charge on any atom is 0.119 e. The molecule has 2 aromatic carbocycles. The second-order valence-corrected chi connectivity index (χ2v) is 5.57. The quantitative estimate of drug-likeness (QED) is 0.768. The number of rotatable bonds is 6. The Kier molecular flexibility index (Phi) is 5.26. The Balaban J connectivity index is 2.06.